The summed E-state index contributed by atoms with van der Waals surface area (Å²) in [5.41, 5.74) is 3.11. The van der Waals surface area contributed by atoms with Gasteiger partial charge in [0.25, 0.3) is 5.91 Å². The summed E-state index contributed by atoms with van der Waals surface area (Å²) in [7, 11) is 0. The molecule has 2 aromatic carbocycles. The quantitative estimate of drug-likeness (QED) is 0.684. The average Bonchev–Trinajstić information content (AvgIpc) is 3.25. The van der Waals surface area contributed by atoms with E-state index in [1.165, 1.54) is 5.01 Å². The number of hydrazone groups is 1. The molecule has 156 valence electrons. The lowest BCUT2D eigenvalue weighted by atomic mass is 10.1. The van der Waals surface area contributed by atoms with Crippen LogP contribution in [-0.2, 0) is 19.1 Å². The van der Waals surface area contributed by atoms with Gasteiger partial charge in [0.15, 0.2) is 6.61 Å². The molecule has 0 fully saturated rings. The topological polar surface area (TPSA) is 88.1 Å². The summed E-state index contributed by atoms with van der Waals surface area (Å²) in [4.78, 5) is 36.2. The van der Waals surface area contributed by atoms with Crippen LogP contribution in [0.3, 0.4) is 0 Å². The molecule has 8 heteroatoms. The molecule has 0 spiro atoms. The molecule has 0 aromatic heterocycles. The van der Waals surface area contributed by atoms with Crippen LogP contribution in [0.2, 0.25) is 5.02 Å². The zero-order valence-electron chi connectivity index (χ0n) is 16.6. The maximum Gasteiger partial charge on any atom is 0.306 e. The number of carbonyl (C=O) groups excluding carboxylic acids is 3. The molecule has 0 atom stereocenters. The highest BCUT2D eigenvalue weighted by molar-refractivity contribution is 6.31. The van der Waals surface area contributed by atoms with Gasteiger partial charge < -0.3 is 10.1 Å². The van der Waals surface area contributed by atoms with Crippen LogP contribution in [0.15, 0.2) is 53.6 Å². The lowest BCUT2D eigenvalue weighted by Gasteiger charge is -2.11. The first kappa shape index (κ1) is 21.5. The van der Waals surface area contributed by atoms with Gasteiger partial charge in [-0.2, -0.15) is 5.10 Å². The molecular formula is C22H22ClN3O4. The van der Waals surface area contributed by atoms with Crippen LogP contribution in [0.5, 0.6) is 0 Å². The molecule has 2 amide bonds. The third-order valence-electron chi connectivity index (χ3n) is 4.65. The van der Waals surface area contributed by atoms with Crippen LogP contribution in [0.4, 0.5) is 5.69 Å². The van der Waals surface area contributed by atoms with Gasteiger partial charge in [0.05, 0.1) is 18.7 Å². The minimum absolute atomic E-state index is 0.0283. The summed E-state index contributed by atoms with van der Waals surface area (Å²) in [6.45, 7) is 1.83. The maximum absolute atomic E-state index is 12.3. The Bertz CT molecular complexity index is 976. The van der Waals surface area contributed by atoms with Gasteiger partial charge in [0, 0.05) is 23.6 Å². The highest BCUT2D eigenvalue weighted by Crippen LogP contribution is 2.22. The minimum Gasteiger partial charge on any atom is -0.456 e. The first-order valence-electron chi connectivity index (χ1n) is 9.58. The van der Waals surface area contributed by atoms with Crippen molar-refractivity contribution in [2.24, 2.45) is 5.10 Å². The van der Waals surface area contributed by atoms with Crippen molar-refractivity contribution < 1.29 is 19.1 Å². The summed E-state index contributed by atoms with van der Waals surface area (Å²) in [5, 5.41) is 8.90. The molecule has 1 heterocycles. The standard InChI is InChI=1S/C22H22ClN3O4/c1-15-17(23)8-5-9-18(15)24-20(27)14-30-22(29)11-10-21(28)26-13-12-19(25-26)16-6-3-2-4-7-16/h2-9H,10-14H2,1H3,(H,24,27). The summed E-state index contributed by atoms with van der Waals surface area (Å²) < 4.78 is 4.96. The Morgan fingerprint density at radius 1 is 1.10 bits per heavy atom. The predicted octanol–water partition coefficient (Wildman–Crippen LogP) is 3.55. The number of nitrogens with zero attached hydrogens (tertiary/aromatic N) is 2. The Morgan fingerprint density at radius 2 is 1.87 bits per heavy atom. The number of anilines is 1. The summed E-state index contributed by atoms with van der Waals surface area (Å²) in [5.74, 6) is -1.35. The fraction of sp³-hybridized carbons (Fsp3) is 0.273. The molecule has 0 saturated heterocycles. The van der Waals surface area contributed by atoms with Gasteiger partial charge >= 0.3 is 5.97 Å². The van der Waals surface area contributed by atoms with Crippen molar-refractivity contribution >= 4 is 40.8 Å². The Labute approximate surface area is 179 Å². The van der Waals surface area contributed by atoms with Crippen molar-refractivity contribution in [1.29, 1.82) is 0 Å². The van der Waals surface area contributed by atoms with Crippen LogP contribution >= 0.6 is 11.6 Å². The number of benzene rings is 2. The fourth-order valence-electron chi connectivity index (χ4n) is 2.96. The molecule has 0 aliphatic carbocycles. The van der Waals surface area contributed by atoms with E-state index < -0.39 is 18.5 Å². The molecule has 30 heavy (non-hydrogen) atoms. The third kappa shape index (κ3) is 5.67. The number of rotatable bonds is 7. The van der Waals surface area contributed by atoms with E-state index in [9.17, 15) is 14.4 Å². The van der Waals surface area contributed by atoms with Crippen LogP contribution in [-0.4, -0.2) is 41.7 Å². The van der Waals surface area contributed by atoms with Crippen molar-refractivity contribution in [2.75, 3.05) is 18.5 Å². The van der Waals surface area contributed by atoms with Gasteiger partial charge in [0.1, 0.15) is 0 Å². The van der Waals surface area contributed by atoms with E-state index >= 15 is 0 Å². The van der Waals surface area contributed by atoms with E-state index in [4.69, 9.17) is 16.3 Å². The number of amides is 2. The molecule has 1 aliphatic rings. The van der Waals surface area contributed by atoms with E-state index in [-0.39, 0.29) is 18.7 Å². The number of hydrogen-bond acceptors (Lipinski definition) is 5. The molecule has 0 saturated carbocycles. The molecule has 2 aromatic rings. The smallest absolute Gasteiger partial charge is 0.306 e. The largest absolute Gasteiger partial charge is 0.456 e. The molecule has 0 bridgehead atoms. The Hall–Kier alpha value is -3.19. The van der Waals surface area contributed by atoms with Crippen LogP contribution in [0.25, 0.3) is 0 Å². The molecule has 1 N–H and O–H groups in total. The van der Waals surface area contributed by atoms with E-state index in [0.29, 0.717) is 23.7 Å². The van der Waals surface area contributed by atoms with Crippen molar-refractivity contribution in [1.82, 2.24) is 5.01 Å². The number of esters is 1. The van der Waals surface area contributed by atoms with E-state index in [1.54, 1.807) is 25.1 Å². The molecule has 0 radical (unpaired) electrons. The highest BCUT2D eigenvalue weighted by Gasteiger charge is 2.22. The Kier molecular flexibility index (Phi) is 7.19. The molecule has 7 nitrogen and oxygen atoms in total. The van der Waals surface area contributed by atoms with Gasteiger partial charge in [-0.3, -0.25) is 14.4 Å². The zero-order chi connectivity index (χ0) is 21.5. The second kappa shape index (κ2) is 10.0. The monoisotopic (exact) mass is 427 g/mol. The average molecular weight is 428 g/mol. The number of nitrogens with one attached hydrogen (secondary N) is 1. The van der Waals surface area contributed by atoms with Crippen molar-refractivity contribution in [3.8, 4) is 0 Å². The van der Waals surface area contributed by atoms with Crippen molar-refractivity contribution in [3.63, 3.8) is 0 Å². The molecule has 3 rings (SSSR count). The maximum atomic E-state index is 12.3. The minimum atomic E-state index is -0.618. The fourth-order valence-corrected chi connectivity index (χ4v) is 3.13. The van der Waals surface area contributed by atoms with E-state index in [0.717, 1.165) is 16.8 Å². The van der Waals surface area contributed by atoms with Gasteiger partial charge in [-0.15, -0.1) is 0 Å². The molecule has 1 aliphatic heterocycles. The van der Waals surface area contributed by atoms with Crippen LogP contribution < -0.4 is 5.32 Å². The first-order chi connectivity index (χ1) is 14.4. The zero-order valence-corrected chi connectivity index (χ0v) is 17.3. The normalized spacial score (nSPS) is 13.0. The Morgan fingerprint density at radius 3 is 2.63 bits per heavy atom. The van der Waals surface area contributed by atoms with E-state index in [1.807, 2.05) is 30.3 Å². The Balaban J connectivity index is 1.41. The number of carbonyl (C=O) groups is 3. The van der Waals surface area contributed by atoms with Gasteiger partial charge in [-0.25, -0.2) is 5.01 Å². The molecular weight excluding hydrogens is 406 g/mol. The van der Waals surface area contributed by atoms with Crippen LogP contribution in [0.1, 0.15) is 30.4 Å². The second-order valence-corrected chi connectivity index (χ2v) is 7.21. The van der Waals surface area contributed by atoms with Crippen LogP contribution in [0, 0.1) is 6.92 Å². The predicted molar refractivity (Wildman–Crippen MR) is 114 cm³/mol. The third-order valence-corrected chi connectivity index (χ3v) is 5.06. The van der Waals surface area contributed by atoms with Crippen molar-refractivity contribution in [2.45, 2.75) is 26.2 Å². The van der Waals surface area contributed by atoms with Crippen molar-refractivity contribution in [3.05, 3.63) is 64.7 Å². The molecule has 0 unspecified atom stereocenters. The lowest BCUT2D eigenvalue weighted by Crippen LogP contribution is -2.25. The van der Waals surface area contributed by atoms with E-state index in [2.05, 4.69) is 10.4 Å². The first-order valence-corrected chi connectivity index (χ1v) is 9.95. The summed E-state index contributed by atoms with van der Waals surface area (Å²) in [6.07, 6.45) is 0.526. The van der Waals surface area contributed by atoms with Gasteiger partial charge in [-0.1, -0.05) is 48.0 Å². The number of hydrogen-bond donors (Lipinski definition) is 1. The second-order valence-electron chi connectivity index (χ2n) is 6.80. The summed E-state index contributed by atoms with van der Waals surface area (Å²) in [6, 6.07) is 14.8. The SMILES string of the molecule is Cc1c(Cl)cccc1NC(=O)COC(=O)CCC(=O)N1CCC(c2ccccc2)=N1. The lowest BCUT2D eigenvalue weighted by molar-refractivity contribution is -0.148. The van der Waals surface area contributed by atoms with Gasteiger partial charge in [-0.05, 0) is 30.2 Å². The highest BCUT2D eigenvalue weighted by atomic mass is 35.5. The summed E-state index contributed by atoms with van der Waals surface area (Å²) >= 11 is 6.01. The number of ether oxygens (including phenoxy) is 1. The van der Waals surface area contributed by atoms with Gasteiger partial charge in [0.2, 0.25) is 5.91 Å². The number of halogens is 1.